The van der Waals surface area contributed by atoms with Crippen molar-refractivity contribution in [3.05, 3.63) is 69.9 Å². The Labute approximate surface area is 241 Å². The highest BCUT2D eigenvalue weighted by Crippen LogP contribution is 2.39. The number of amides is 1. The van der Waals surface area contributed by atoms with E-state index < -0.39 is 17.4 Å². The van der Waals surface area contributed by atoms with E-state index in [9.17, 15) is 22.8 Å². The van der Waals surface area contributed by atoms with Gasteiger partial charge in [0.25, 0.3) is 0 Å². The predicted octanol–water partition coefficient (Wildman–Crippen LogP) is 2.14. The minimum atomic E-state index is -4.67. The van der Waals surface area contributed by atoms with E-state index in [2.05, 4.69) is 34.6 Å². The Bertz CT molecular complexity index is 1530. The Morgan fingerprint density at radius 2 is 1.95 bits per heavy atom. The molecule has 3 aliphatic rings. The number of halogens is 3. The molecule has 2 N–H and O–H groups in total. The lowest BCUT2D eigenvalue weighted by molar-refractivity contribution is -0.136. The molecule has 1 aromatic carbocycles. The first-order valence-corrected chi connectivity index (χ1v) is 14.3. The Morgan fingerprint density at radius 1 is 1.14 bits per heavy atom. The smallest absolute Gasteiger partial charge is 0.379 e. The molecule has 1 atom stereocenters. The average Bonchev–Trinajstić information content (AvgIpc) is 3.44. The van der Waals surface area contributed by atoms with Gasteiger partial charge in [-0.1, -0.05) is 19.1 Å². The number of nitrogens with zero attached hydrogens (tertiary/aromatic N) is 5. The van der Waals surface area contributed by atoms with Crippen LogP contribution in [-0.4, -0.2) is 89.0 Å². The summed E-state index contributed by atoms with van der Waals surface area (Å²) < 4.78 is 50.7. The molecule has 226 valence electrons. The van der Waals surface area contributed by atoms with Crippen molar-refractivity contribution in [3.8, 4) is 5.69 Å². The summed E-state index contributed by atoms with van der Waals surface area (Å²) in [5.41, 5.74) is 3.41. The Balaban J connectivity index is 1.34. The first-order valence-electron chi connectivity index (χ1n) is 14.3. The molecule has 10 nitrogen and oxygen atoms in total. The number of aromatic nitrogens is 2. The third-order valence-corrected chi connectivity index (χ3v) is 8.48. The molecule has 42 heavy (non-hydrogen) atoms. The number of hydrazine groups is 1. The summed E-state index contributed by atoms with van der Waals surface area (Å²) in [4.78, 5) is 29.4. The van der Waals surface area contributed by atoms with Crippen molar-refractivity contribution in [2.45, 2.75) is 44.1 Å². The van der Waals surface area contributed by atoms with Crippen LogP contribution >= 0.6 is 0 Å². The first kappa shape index (κ1) is 28.9. The molecule has 5 heterocycles. The van der Waals surface area contributed by atoms with E-state index in [-0.39, 0.29) is 36.1 Å². The maximum atomic E-state index is 14.2. The largest absolute Gasteiger partial charge is 0.418 e. The quantitative estimate of drug-likeness (QED) is 0.418. The van der Waals surface area contributed by atoms with E-state index in [0.717, 1.165) is 42.1 Å². The molecule has 0 radical (unpaired) electrons. The Morgan fingerprint density at radius 3 is 2.64 bits per heavy atom. The van der Waals surface area contributed by atoms with Crippen LogP contribution in [0.15, 0.2) is 47.5 Å². The number of rotatable bonds is 8. The van der Waals surface area contributed by atoms with Crippen molar-refractivity contribution in [1.82, 2.24) is 34.5 Å². The predicted molar refractivity (Wildman–Crippen MR) is 150 cm³/mol. The van der Waals surface area contributed by atoms with Gasteiger partial charge in [-0.3, -0.25) is 23.6 Å². The van der Waals surface area contributed by atoms with Crippen molar-refractivity contribution in [1.29, 1.82) is 0 Å². The third kappa shape index (κ3) is 5.47. The van der Waals surface area contributed by atoms with E-state index in [1.165, 1.54) is 17.0 Å². The Hall–Kier alpha value is -3.23. The lowest BCUT2D eigenvalue weighted by atomic mass is 9.74. The van der Waals surface area contributed by atoms with Crippen molar-refractivity contribution in [2.24, 2.45) is 0 Å². The van der Waals surface area contributed by atoms with Crippen LogP contribution in [0.1, 0.15) is 36.5 Å². The summed E-state index contributed by atoms with van der Waals surface area (Å²) in [7, 11) is 2.08. The van der Waals surface area contributed by atoms with E-state index in [1.54, 1.807) is 11.0 Å². The number of fused-ring (bicyclic) bond motifs is 1. The van der Waals surface area contributed by atoms with Crippen LogP contribution < -0.4 is 16.4 Å². The summed E-state index contributed by atoms with van der Waals surface area (Å²) >= 11 is 0. The second kappa shape index (κ2) is 11.1. The van der Waals surface area contributed by atoms with Crippen LogP contribution in [0.3, 0.4) is 0 Å². The number of hydrogen-bond acceptors (Lipinski definition) is 7. The molecule has 3 aliphatic heterocycles. The number of benzene rings is 1. The molecule has 1 unspecified atom stereocenters. The van der Waals surface area contributed by atoms with Crippen LogP contribution in [0, 0.1) is 0 Å². The molecule has 0 bridgehead atoms. The van der Waals surface area contributed by atoms with Crippen LogP contribution in [0.2, 0.25) is 0 Å². The second-order valence-electron chi connectivity index (χ2n) is 11.7. The third-order valence-electron chi connectivity index (χ3n) is 8.48. The number of carbonyl (C=O) groups excluding carboxylic acids is 1. The number of pyridine rings is 1. The molecule has 1 amide bonds. The minimum Gasteiger partial charge on any atom is -0.379 e. The average molecular weight is 588 g/mol. The molecular weight excluding hydrogens is 551 g/mol. The lowest BCUT2D eigenvalue weighted by Gasteiger charge is -2.44. The molecule has 13 heteroatoms. The van der Waals surface area contributed by atoms with E-state index in [0.29, 0.717) is 37.6 Å². The highest BCUT2D eigenvalue weighted by atomic mass is 19.4. The highest BCUT2D eigenvalue weighted by molar-refractivity contribution is 5.78. The lowest BCUT2D eigenvalue weighted by Crippen LogP contribution is -2.52. The molecule has 0 aliphatic carbocycles. The van der Waals surface area contributed by atoms with Gasteiger partial charge in [0.05, 0.1) is 49.4 Å². The van der Waals surface area contributed by atoms with Crippen LogP contribution in [0.5, 0.6) is 0 Å². The van der Waals surface area contributed by atoms with Gasteiger partial charge in [0, 0.05) is 44.0 Å². The topological polar surface area (TPSA) is 86.5 Å². The monoisotopic (exact) mass is 587 g/mol. The van der Waals surface area contributed by atoms with Crippen molar-refractivity contribution < 1.29 is 22.7 Å². The molecule has 0 spiro atoms. The molecular formula is C29H36F3N7O3. The summed E-state index contributed by atoms with van der Waals surface area (Å²) in [6.45, 7) is 6.12. The van der Waals surface area contributed by atoms with Crippen molar-refractivity contribution in [2.75, 3.05) is 53.1 Å². The van der Waals surface area contributed by atoms with Gasteiger partial charge in [0.2, 0.25) is 5.91 Å². The first-order chi connectivity index (χ1) is 20.1. The zero-order chi connectivity index (χ0) is 29.6. The van der Waals surface area contributed by atoms with Gasteiger partial charge < -0.3 is 10.1 Å². The zero-order valence-electron chi connectivity index (χ0n) is 23.8. The summed E-state index contributed by atoms with van der Waals surface area (Å²) in [6.07, 6.45) is -0.0117. The number of carbonyl (C=O) groups is 1. The van der Waals surface area contributed by atoms with Gasteiger partial charge in [-0.25, -0.2) is 15.2 Å². The van der Waals surface area contributed by atoms with Gasteiger partial charge in [0.1, 0.15) is 0 Å². The maximum absolute atomic E-state index is 14.2. The van der Waals surface area contributed by atoms with E-state index in [1.807, 2.05) is 18.2 Å². The maximum Gasteiger partial charge on any atom is 0.418 e. The number of ether oxygens (including phenoxy) is 1. The van der Waals surface area contributed by atoms with E-state index >= 15 is 0 Å². The zero-order valence-corrected chi connectivity index (χ0v) is 23.8. The summed E-state index contributed by atoms with van der Waals surface area (Å²) in [5, 5.41) is 4.91. The van der Waals surface area contributed by atoms with Gasteiger partial charge in [-0.05, 0) is 49.2 Å². The summed E-state index contributed by atoms with van der Waals surface area (Å²) in [5.74, 6) is -0.176. The molecule has 3 aromatic rings. The molecule has 2 aromatic heterocycles. The highest BCUT2D eigenvalue weighted by Gasteiger charge is 2.45. The van der Waals surface area contributed by atoms with Crippen molar-refractivity contribution in [3.63, 3.8) is 0 Å². The molecule has 6 rings (SSSR count). The summed E-state index contributed by atoms with van der Waals surface area (Å²) in [6, 6.07) is 8.55. The molecule has 3 fully saturated rings. The second-order valence-corrected chi connectivity index (χ2v) is 11.7. The number of alkyl halides is 3. The van der Waals surface area contributed by atoms with Gasteiger partial charge in [0.15, 0.2) is 0 Å². The van der Waals surface area contributed by atoms with Crippen LogP contribution in [-0.2, 0) is 27.7 Å². The fourth-order valence-electron chi connectivity index (χ4n) is 6.26. The van der Waals surface area contributed by atoms with Gasteiger partial charge >= 0.3 is 11.9 Å². The number of piperazine rings is 1. The number of nitrogens with one attached hydrogen (secondary N) is 2. The van der Waals surface area contributed by atoms with Gasteiger partial charge in [-0.15, -0.1) is 0 Å². The fourth-order valence-corrected chi connectivity index (χ4v) is 6.26. The van der Waals surface area contributed by atoms with Gasteiger partial charge in [-0.2, -0.15) is 13.2 Å². The van der Waals surface area contributed by atoms with Crippen molar-refractivity contribution >= 4 is 11.4 Å². The SMILES string of the molecule is CCCN1CN(C)C(CC2(c3cccc(-n4cc5c(C(F)(F)F)cc(CN6CCNC(=O)C6)cn5c4=O)c3)COC2)N1. The van der Waals surface area contributed by atoms with Crippen LogP contribution in [0.25, 0.3) is 11.2 Å². The van der Waals surface area contributed by atoms with Crippen LogP contribution in [0.4, 0.5) is 13.2 Å². The number of imidazole rings is 1. The standard InChI is InChI=1S/C29H36F3N7O3/c1-3-8-37-19-35(2)25(34-37)12-28(17-42-18-28)21-5-4-6-22(11-21)38-15-24-23(29(30,31)32)10-20(14-39(24)27(38)41)13-36-9-7-33-26(40)16-36/h4-6,10-11,14-15,25,34H,3,7-9,12-13,16-19H2,1-2H3,(H,33,40). The molecule has 0 saturated carbocycles. The number of hydrogen-bond donors (Lipinski definition) is 2. The fraction of sp³-hybridized carbons (Fsp3) is 0.517. The molecule has 3 saturated heterocycles. The van der Waals surface area contributed by atoms with E-state index in [4.69, 9.17) is 4.74 Å². The normalized spacial score (nSPS) is 22.0. The Kier molecular flexibility index (Phi) is 7.64. The minimum absolute atomic E-state index is 0.0936.